The average Bonchev–Trinajstić information content (AvgIpc) is 2.57. The van der Waals surface area contributed by atoms with Crippen molar-refractivity contribution >= 4 is 23.2 Å². The summed E-state index contributed by atoms with van der Waals surface area (Å²) >= 11 is 5.61. The number of fused-ring (bicyclic) bond motifs is 1. The lowest BCUT2D eigenvalue weighted by Crippen LogP contribution is -2.02. The summed E-state index contributed by atoms with van der Waals surface area (Å²) in [5.41, 5.74) is 0.801. The van der Waals surface area contributed by atoms with E-state index in [2.05, 4.69) is 22.0 Å². The standard InChI is InChI=1S/C9H9ClN4/c1-7(10)6-11-9-12-8-4-2-3-5-14(8)13-9/h2-5H,1,6H2,(H,11,13). The van der Waals surface area contributed by atoms with Crippen molar-refractivity contribution in [3.8, 4) is 0 Å². The van der Waals surface area contributed by atoms with E-state index in [0.29, 0.717) is 17.5 Å². The molecule has 0 bridgehead atoms. The largest absolute Gasteiger partial charge is 0.348 e. The van der Waals surface area contributed by atoms with Crippen LogP contribution in [0.2, 0.25) is 0 Å². The second-order valence-corrected chi connectivity index (χ2v) is 3.34. The van der Waals surface area contributed by atoms with Crippen LogP contribution in [0.5, 0.6) is 0 Å². The van der Waals surface area contributed by atoms with Gasteiger partial charge in [-0.3, -0.25) is 0 Å². The van der Waals surface area contributed by atoms with Gasteiger partial charge >= 0.3 is 0 Å². The molecule has 14 heavy (non-hydrogen) atoms. The van der Waals surface area contributed by atoms with Crippen molar-refractivity contribution in [2.75, 3.05) is 11.9 Å². The number of nitrogens with one attached hydrogen (secondary N) is 1. The fraction of sp³-hybridized carbons (Fsp3) is 0.111. The molecule has 4 nitrogen and oxygen atoms in total. The number of anilines is 1. The zero-order valence-electron chi connectivity index (χ0n) is 7.44. The second kappa shape index (κ2) is 3.67. The van der Waals surface area contributed by atoms with Crippen LogP contribution >= 0.6 is 11.6 Å². The zero-order chi connectivity index (χ0) is 9.97. The van der Waals surface area contributed by atoms with E-state index in [0.717, 1.165) is 5.65 Å². The molecule has 1 N–H and O–H groups in total. The minimum atomic E-state index is 0.471. The molecule has 0 aliphatic rings. The Labute approximate surface area is 86.2 Å². The van der Waals surface area contributed by atoms with Crippen LogP contribution in [0, 0.1) is 0 Å². The Morgan fingerprint density at radius 2 is 2.43 bits per heavy atom. The maximum Gasteiger partial charge on any atom is 0.243 e. The molecule has 0 radical (unpaired) electrons. The Morgan fingerprint density at radius 3 is 3.14 bits per heavy atom. The summed E-state index contributed by atoms with van der Waals surface area (Å²) in [5.74, 6) is 0.554. The molecule has 2 aromatic heterocycles. The highest BCUT2D eigenvalue weighted by Gasteiger charge is 2.00. The number of aromatic nitrogens is 3. The molecule has 2 heterocycles. The first-order valence-corrected chi connectivity index (χ1v) is 4.52. The molecular weight excluding hydrogens is 200 g/mol. The van der Waals surface area contributed by atoms with E-state index in [1.165, 1.54) is 0 Å². The highest BCUT2D eigenvalue weighted by atomic mass is 35.5. The van der Waals surface area contributed by atoms with Crippen molar-refractivity contribution in [3.05, 3.63) is 36.0 Å². The molecule has 0 aliphatic heterocycles. The summed E-state index contributed by atoms with van der Waals surface area (Å²) < 4.78 is 1.69. The molecule has 0 saturated heterocycles. The van der Waals surface area contributed by atoms with Gasteiger partial charge in [0.25, 0.3) is 0 Å². The van der Waals surface area contributed by atoms with E-state index in [1.54, 1.807) is 4.52 Å². The Hall–Kier alpha value is -1.55. The van der Waals surface area contributed by atoms with Crippen LogP contribution in [-0.2, 0) is 0 Å². The van der Waals surface area contributed by atoms with Crippen molar-refractivity contribution in [3.63, 3.8) is 0 Å². The van der Waals surface area contributed by atoms with Gasteiger partial charge in [0.05, 0.1) is 6.54 Å². The third-order valence-electron chi connectivity index (χ3n) is 1.68. The van der Waals surface area contributed by atoms with Crippen LogP contribution in [0.3, 0.4) is 0 Å². The number of hydrogen-bond acceptors (Lipinski definition) is 3. The van der Waals surface area contributed by atoms with Gasteiger partial charge in [-0.1, -0.05) is 24.2 Å². The maximum atomic E-state index is 5.61. The predicted molar refractivity (Wildman–Crippen MR) is 56.5 cm³/mol. The smallest absolute Gasteiger partial charge is 0.243 e. The monoisotopic (exact) mass is 208 g/mol. The Balaban J connectivity index is 2.22. The highest BCUT2D eigenvalue weighted by molar-refractivity contribution is 6.29. The van der Waals surface area contributed by atoms with Crippen LogP contribution in [-0.4, -0.2) is 21.1 Å². The van der Waals surface area contributed by atoms with Gasteiger partial charge in [0, 0.05) is 11.2 Å². The molecule has 2 rings (SSSR count). The molecule has 0 fully saturated rings. The van der Waals surface area contributed by atoms with E-state index in [9.17, 15) is 0 Å². The topological polar surface area (TPSA) is 42.2 Å². The lowest BCUT2D eigenvalue weighted by atomic mass is 10.5. The van der Waals surface area contributed by atoms with Crippen LogP contribution < -0.4 is 5.32 Å². The Kier molecular flexibility index (Phi) is 2.37. The average molecular weight is 209 g/mol. The molecule has 2 aromatic rings. The summed E-state index contributed by atoms with van der Waals surface area (Å²) in [6, 6.07) is 5.69. The molecular formula is C9H9ClN4. The minimum Gasteiger partial charge on any atom is -0.348 e. The van der Waals surface area contributed by atoms with Gasteiger partial charge in [0.1, 0.15) is 0 Å². The first kappa shape index (κ1) is 9.02. The Morgan fingerprint density at radius 1 is 1.57 bits per heavy atom. The quantitative estimate of drug-likeness (QED) is 0.838. The normalized spacial score (nSPS) is 10.4. The summed E-state index contributed by atoms with van der Waals surface area (Å²) in [6.07, 6.45) is 1.84. The van der Waals surface area contributed by atoms with Crippen LogP contribution in [0.25, 0.3) is 5.65 Å². The lowest BCUT2D eigenvalue weighted by molar-refractivity contribution is 0.959. The summed E-state index contributed by atoms with van der Waals surface area (Å²) in [5, 5.41) is 7.67. The number of nitrogens with zero attached hydrogens (tertiary/aromatic N) is 3. The van der Waals surface area contributed by atoms with Gasteiger partial charge in [-0.15, -0.1) is 5.10 Å². The van der Waals surface area contributed by atoms with E-state index >= 15 is 0 Å². The van der Waals surface area contributed by atoms with E-state index in [1.807, 2.05) is 24.4 Å². The molecule has 0 unspecified atom stereocenters. The van der Waals surface area contributed by atoms with Gasteiger partial charge in [-0.05, 0) is 12.1 Å². The first-order chi connectivity index (χ1) is 6.75. The molecule has 0 saturated carbocycles. The third-order valence-corrected chi connectivity index (χ3v) is 1.81. The van der Waals surface area contributed by atoms with Crippen molar-refractivity contribution in [2.45, 2.75) is 0 Å². The van der Waals surface area contributed by atoms with Gasteiger partial charge in [0.15, 0.2) is 5.65 Å². The van der Waals surface area contributed by atoms with E-state index < -0.39 is 0 Å². The predicted octanol–water partition coefficient (Wildman–Crippen LogP) is 1.89. The fourth-order valence-electron chi connectivity index (χ4n) is 1.08. The van der Waals surface area contributed by atoms with E-state index in [-0.39, 0.29) is 0 Å². The summed E-state index contributed by atoms with van der Waals surface area (Å²) in [7, 11) is 0. The van der Waals surface area contributed by atoms with Crippen LogP contribution in [0.1, 0.15) is 0 Å². The van der Waals surface area contributed by atoms with Crippen molar-refractivity contribution in [1.82, 2.24) is 14.6 Å². The molecule has 0 aromatic carbocycles. The molecule has 72 valence electrons. The van der Waals surface area contributed by atoms with Crippen molar-refractivity contribution < 1.29 is 0 Å². The summed E-state index contributed by atoms with van der Waals surface area (Å²) in [6.45, 7) is 4.04. The van der Waals surface area contributed by atoms with E-state index in [4.69, 9.17) is 11.6 Å². The zero-order valence-corrected chi connectivity index (χ0v) is 8.20. The molecule has 5 heteroatoms. The lowest BCUT2D eigenvalue weighted by Gasteiger charge is -1.96. The third kappa shape index (κ3) is 1.85. The fourth-order valence-corrected chi connectivity index (χ4v) is 1.15. The van der Waals surface area contributed by atoms with Gasteiger partial charge < -0.3 is 5.32 Å². The SMILES string of the molecule is C=C(Cl)CNc1nc2ccccn2n1. The van der Waals surface area contributed by atoms with Crippen molar-refractivity contribution in [2.24, 2.45) is 0 Å². The van der Waals surface area contributed by atoms with Crippen molar-refractivity contribution in [1.29, 1.82) is 0 Å². The van der Waals surface area contributed by atoms with Gasteiger partial charge in [-0.2, -0.15) is 4.98 Å². The molecule has 0 atom stereocenters. The number of hydrogen-bond donors (Lipinski definition) is 1. The van der Waals surface area contributed by atoms with Gasteiger partial charge in [-0.25, -0.2) is 4.52 Å². The molecule has 0 amide bonds. The van der Waals surface area contributed by atoms with Crippen LogP contribution in [0.15, 0.2) is 36.0 Å². The molecule has 0 spiro atoms. The number of halogens is 1. The molecule has 0 aliphatic carbocycles. The second-order valence-electron chi connectivity index (χ2n) is 2.81. The summed E-state index contributed by atoms with van der Waals surface area (Å²) in [4.78, 5) is 4.23. The minimum absolute atomic E-state index is 0.471. The number of pyridine rings is 1. The number of rotatable bonds is 3. The maximum absolute atomic E-state index is 5.61. The van der Waals surface area contributed by atoms with Gasteiger partial charge in [0.2, 0.25) is 5.95 Å². The highest BCUT2D eigenvalue weighted by Crippen LogP contribution is 2.05. The van der Waals surface area contributed by atoms with Crippen LogP contribution in [0.4, 0.5) is 5.95 Å². The first-order valence-electron chi connectivity index (χ1n) is 4.14. The Bertz CT molecular complexity index is 430.